The van der Waals surface area contributed by atoms with Crippen LogP contribution in [0.1, 0.15) is 54.6 Å². The van der Waals surface area contributed by atoms with E-state index in [1.165, 1.54) is 0 Å². The van der Waals surface area contributed by atoms with Crippen molar-refractivity contribution in [3.8, 4) is 11.8 Å². The van der Waals surface area contributed by atoms with Crippen molar-refractivity contribution in [3.63, 3.8) is 0 Å². The molecule has 0 radical (unpaired) electrons. The number of amides is 1. The van der Waals surface area contributed by atoms with Gasteiger partial charge in [0.05, 0.1) is 6.61 Å². The zero-order valence-corrected chi connectivity index (χ0v) is 13.3. The lowest BCUT2D eigenvalue weighted by molar-refractivity contribution is 0.0762. The van der Waals surface area contributed by atoms with E-state index in [2.05, 4.69) is 18.8 Å². The van der Waals surface area contributed by atoms with E-state index in [9.17, 15) is 4.79 Å². The van der Waals surface area contributed by atoms with Gasteiger partial charge in [-0.2, -0.15) is 0 Å². The number of unbranched alkanes of at least 4 members (excludes halogenated alkanes) is 1. The molecule has 0 saturated heterocycles. The Balaban J connectivity index is 2.96. The molecule has 1 N–H and O–H groups in total. The topological polar surface area (TPSA) is 40.5 Å². The Bertz CT molecular complexity index is 526. The molecule has 0 aromatic heterocycles. The number of hydrogen-bond acceptors (Lipinski definition) is 2. The maximum atomic E-state index is 12.6. The summed E-state index contributed by atoms with van der Waals surface area (Å²) in [7, 11) is 0. The standard InChI is InChI=1S/C18H25NO2/c1-4-6-10-19(5-2)18(21)17-13-15(3)12-16(14-17)9-7-8-11-20/h12-14,20H,4-6,8,10-11H2,1-3H3. The van der Waals surface area contributed by atoms with Crippen molar-refractivity contribution >= 4 is 5.91 Å². The van der Waals surface area contributed by atoms with Crippen LogP contribution in [0.2, 0.25) is 0 Å². The van der Waals surface area contributed by atoms with Crippen LogP contribution in [0.3, 0.4) is 0 Å². The average molecular weight is 287 g/mol. The van der Waals surface area contributed by atoms with Gasteiger partial charge in [0.1, 0.15) is 0 Å². The molecule has 0 saturated carbocycles. The van der Waals surface area contributed by atoms with Crippen LogP contribution in [0.25, 0.3) is 0 Å². The normalized spacial score (nSPS) is 9.90. The zero-order valence-electron chi connectivity index (χ0n) is 13.3. The molecule has 0 bridgehead atoms. The van der Waals surface area contributed by atoms with Crippen molar-refractivity contribution in [2.24, 2.45) is 0 Å². The minimum absolute atomic E-state index is 0.0607. The second kappa shape index (κ2) is 9.20. The van der Waals surface area contributed by atoms with Crippen LogP contribution >= 0.6 is 0 Å². The number of carbonyl (C=O) groups is 1. The molecular formula is C18H25NO2. The molecule has 0 aliphatic carbocycles. The van der Waals surface area contributed by atoms with Gasteiger partial charge >= 0.3 is 0 Å². The van der Waals surface area contributed by atoms with E-state index in [0.717, 1.165) is 37.1 Å². The Kier molecular flexibility index (Phi) is 7.56. The molecule has 21 heavy (non-hydrogen) atoms. The Morgan fingerprint density at radius 2 is 2.05 bits per heavy atom. The van der Waals surface area contributed by atoms with Gasteiger partial charge in [-0.15, -0.1) is 0 Å². The van der Waals surface area contributed by atoms with Gasteiger partial charge in [0, 0.05) is 30.6 Å². The summed E-state index contributed by atoms with van der Waals surface area (Å²) in [6.45, 7) is 7.68. The van der Waals surface area contributed by atoms with E-state index in [1.807, 2.05) is 36.9 Å². The van der Waals surface area contributed by atoms with E-state index in [1.54, 1.807) is 0 Å². The van der Waals surface area contributed by atoms with Gasteiger partial charge in [-0.05, 0) is 44.0 Å². The van der Waals surface area contributed by atoms with Crippen LogP contribution in [0.5, 0.6) is 0 Å². The summed E-state index contributed by atoms with van der Waals surface area (Å²) >= 11 is 0. The van der Waals surface area contributed by atoms with E-state index in [-0.39, 0.29) is 12.5 Å². The molecule has 1 aromatic carbocycles. The molecule has 3 nitrogen and oxygen atoms in total. The molecular weight excluding hydrogens is 262 g/mol. The molecule has 0 aliphatic heterocycles. The Morgan fingerprint density at radius 3 is 2.67 bits per heavy atom. The molecule has 0 heterocycles. The highest BCUT2D eigenvalue weighted by Gasteiger charge is 2.14. The summed E-state index contributed by atoms with van der Waals surface area (Å²) < 4.78 is 0. The third-order valence-corrected chi connectivity index (χ3v) is 3.24. The largest absolute Gasteiger partial charge is 0.395 e. The van der Waals surface area contributed by atoms with Gasteiger partial charge in [-0.3, -0.25) is 4.79 Å². The summed E-state index contributed by atoms with van der Waals surface area (Å²) in [5.41, 5.74) is 2.56. The van der Waals surface area contributed by atoms with Gasteiger partial charge in [0.25, 0.3) is 5.91 Å². The number of carbonyl (C=O) groups excluding carboxylic acids is 1. The number of aryl methyl sites for hydroxylation is 1. The lowest BCUT2D eigenvalue weighted by atomic mass is 10.1. The van der Waals surface area contributed by atoms with Crippen LogP contribution in [-0.2, 0) is 0 Å². The van der Waals surface area contributed by atoms with E-state index in [0.29, 0.717) is 12.0 Å². The van der Waals surface area contributed by atoms with Crippen LogP contribution in [0.4, 0.5) is 0 Å². The van der Waals surface area contributed by atoms with Crippen molar-refractivity contribution in [1.82, 2.24) is 4.90 Å². The summed E-state index contributed by atoms with van der Waals surface area (Å²) in [5, 5.41) is 8.77. The molecule has 114 valence electrons. The first-order valence-corrected chi connectivity index (χ1v) is 7.63. The fourth-order valence-corrected chi connectivity index (χ4v) is 2.13. The highest BCUT2D eigenvalue weighted by atomic mass is 16.2. The third kappa shape index (κ3) is 5.61. The van der Waals surface area contributed by atoms with Gasteiger partial charge < -0.3 is 10.0 Å². The van der Waals surface area contributed by atoms with Crippen LogP contribution < -0.4 is 0 Å². The van der Waals surface area contributed by atoms with Gasteiger partial charge in [-0.25, -0.2) is 0 Å². The monoisotopic (exact) mass is 287 g/mol. The highest BCUT2D eigenvalue weighted by Crippen LogP contribution is 2.12. The quantitative estimate of drug-likeness (QED) is 0.817. The number of benzene rings is 1. The van der Waals surface area contributed by atoms with E-state index in [4.69, 9.17) is 5.11 Å². The molecule has 0 aliphatic rings. The van der Waals surface area contributed by atoms with Crippen molar-refractivity contribution in [2.45, 2.75) is 40.0 Å². The zero-order chi connectivity index (χ0) is 15.7. The fraction of sp³-hybridized carbons (Fsp3) is 0.500. The van der Waals surface area contributed by atoms with Crippen LogP contribution in [-0.4, -0.2) is 35.6 Å². The molecule has 0 spiro atoms. The molecule has 1 rings (SSSR count). The molecule has 0 fully saturated rings. The van der Waals surface area contributed by atoms with Crippen LogP contribution in [0.15, 0.2) is 18.2 Å². The van der Waals surface area contributed by atoms with Gasteiger partial charge in [0.2, 0.25) is 0 Å². The number of hydrogen-bond donors (Lipinski definition) is 1. The number of aliphatic hydroxyl groups is 1. The predicted molar refractivity (Wildman–Crippen MR) is 86.2 cm³/mol. The van der Waals surface area contributed by atoms with E-state index < -0.39 is 0 Å². The lowest BCUT2D eigenvalue weighted by Gasteiger charge is -2.21. The Labute approximate surface area is 128 Å². The molecule has 1 aromatic rings. The smallest absolute Gasteiger partial charge is 0.253 e. The Hall–Kier alpha value is -1.79. The molecule has 0 atom stereocenters. The first kappa shape index (κ1) is 17.3. The third-order valence-electron chi connectivity index (χ3n) is 3.24. The van der Waals surface area contributed by atoms with Gasteiger partial charge in [-0.1, -0.05) is 25.2 Å². The maximum absolute atomic E-state index is 12.6. The molecule has 0 unspecified atom stereocenters. The lowest BCUT2D eigenvalue weighted by Crippen LogP contribution is -2.31. The Morgan fingerprint density at radius 1 is 1.29 bits per heavy atom. The summed E-state index contributed by atoms with van der Waals surface area (Å²) in [4.78, 5) is 14.4. The number of rotatable bonds is 6. The van der Waals surface area contributed by atoms with E-state index >= 15 is 0 Å². The molecule has 1 amide bonds. The minimum Gasteiger partial charge on any atom is -0.395 e. The summed E-state index contributed by atoms with van der Waals surface area (Å²) in [6, 6.07) is 5.71. The highest BCUT2D eigenvalue weighted by molar-refractivity contribution is 5.94. The SMILES string of the molecule is CCCCN(CC)C(=O)c1cc(C)cc(C#CCCO)c1. The van der Waals surface area contributed by atoms with Crippen LogP contribution in [0, 0.1) is 18.8 Å². The first-order valence-electron chi connectivity index (χ1n) is 7.63. The average Bonchev–Trinajstić information content (AvgIpc) is 2.47. The second-order valence-corrected chi connectivity index (χ2v) is 5.10. The fourth-order valence-electron chi connectivity index (χ4n) is 2.13. The summed E-state index contributed by atoms with van der Waals surface area (Å²) in [5.74, 6) is 5.97. The van der Waals surface area contributed by atoms with Crippen molar-refractivity contribution < 1.29 is 9.90 Å². The minimum atomic E-state index is 0.0607. The first-order chi connectivity index (χ1) is 10.1. The number of nitrogens with zero attached hydrogens (tertiary/aromatic N) is 1. The number of aliphatic hydroxyl groups excluding tert-OH is 1. The second-order valence-electron chi connectivity index (χ2n) is 5.10. The predicted octanol–water partition coefficient (Wildman–Crippen LogP) is 2.99. The van der Waals surface area contributed by atoms with Crippen molar-refractivity contribution in [2.75, 3.05) is 19.7 Å². The maximum Gasteiger partial charge on any atom is 0.253 e. The van der Waals surface area contributed by atoms with Gasteiger partial charge in [0.15, 0.2) is 0 Å². The molecule has 3 heteroatoms. The van der Waals surface area contributed by atoms with Crippen molar-refractivity contribution in [3.05, 3.63) is 34.9 Å². The van der Waals surface area contributed by atoms with Crippen molar-refractivity contribution in [1.29, 1.82) is 0 Å². The summed E-state index contributed by atoms with van der Waals surface area (Å²) in [6.07, 6.45) is 2.55.